The van der Waals surface area contributed by atoms with E-state index in [1.165, 1.54) is 86.1 Å². The van der Waals surface area contributed by atoms with Crippen LogP contribution >= 0.6 is 11.3 Å². The van der Waals surface area contributed by atoms with E-state index in [4.69, 9.17) is 15.0 Å². The lowest BCUT2D eigenvalue weighted by Gasteiger charge is -2.53. The van der Waals surface area contributed by atoms with E-state index in [0.717, 1.165) is 68.5 Å². The van der Waals surface area contributed by atoms with Gasteiger partial charge in [0.25, 0.3) is 0 Å². The Labute approximate surface area is 336 Å². The summed E-state index contributed by atoms with van der Waals surface area (Å²) in [5, 5.41) is 11.9. The fourth-order valence-corrected chi connectivity index (χ4v) is 14.1. The molecule has 0 aliphatic heterocycles. The van der Waals surface area contributed by atoms with Crippen LogP contribution in [0.4, 0.5) is 0 Å². The van der Waals surface area contributed by atoms with E-state index in [1.54, 1.807) is 22.5 Å². The van der Waals surface area contributed by atoms with E-state index in [2.05, 4.69) is 107 Å². The van der Waals surface area contributed by atoms with Crippen LogP contribution in [-0.4, -0.2) is 15.0 Å². The summed E-state index contributed by atoms with van der Waals surface area (Å²) in [7, 11) is 0. The zero-order valence-corrected chi connectivity index (χ0v) is 34.3. The first-order valence-corrected chi connectivity index (χ1v) is 22.3. The molecular weight excluding hydrogens is 701 g/mol. The highest BCUT2D eigenvalue weighted by atomic mass is 32.1. The van der Waals surface area contributed by atoms with Gasteiger partial charge in [-0.05, 0) is 152 Å². The Morgan fingerprint density at radius 1 is 0.589 bits per heavy atom. The normalized spacial score (nSPS) is 30.0. The first kappa shape index (κ1) is 36.0. The SMILES string of the molecule is CC[C@@H]1C[C@@H]2C[C@H](C)CC(c3cc(-c4nc(-c5ccccc5)nc(-c5ccc6c(c5)sc5cc(C#N)ccc56)n4)cc(C45CC(C[C@@H](C)C4)C[C@H](C)C5)c3)(C1)C2. The monoisotopic (exact) mass is 754 g/mol. The molecule has 6 aromatic rings. The predicted octanol–water partition coefficient (Wildman–Crippen LogP) is 13.7. The number of aromatic nitrogens is 3. The highest BCUT2D eigenvalue weighted by Gasteiger charge is 2.49. The average Bonchev–Trinajstić information content (AvgIpc) is 3.57. The maximum atomic E-state index is 9.56. The number of thiophene rings is 1. The highest BCUT2D eigenvalue weighted by molar-refractivity contribution is 7.25. The number of fused-ring (bicyclic) bond motifs is 7. The van der Waals surface area contributed by atoms with Crippen LogP contribution in [0.2, 0.25) is 0 Å². The summed E-state index contributed by atoms with van der Waals surface area (Å²) in [6, 6.07) is 33.2. The standard InChI is InChI=1S/C51H54N4S/c1-5-34-18-37-17-33(4)26-51(27-34,29-37)42-21-40(20-41(23-42)50-24-31(2)15-36(28-50)16-32(3)25-50)49-54-47(38-9-7-6-8-10-38)53-48(55-49)39-12-14-44-43-13-11-35(30-52)19-45(43)56-46(44)22-39/h6-14,19-23,31-34,36-37H,5,15-18,24-29H2,1-4H3/t31-,32+,33-,34+,36?,37-,50?,51?/m0/s1. The lowest BCUT2D eigenvalue weighted by molar-refractivity contribution is 0.0684. The Kier molecular flexibility index (Phi) is 8.94. The van der Waals surface area contributed by atoms with E-state index >= 15 is 0 Å². The molecule has 0 spiro atoms. The van der Waals surface area contributed by atoms with Crippen LogP contribution in [0.1, 0.15) is 115 Å². The van der Waals surface area contributed by atoms with Crippen molar-refractivity contribution in [3.05, 3.63) is 102 Å². The molecule has 0 radical (unpaired) electrons. The molecule has 4 bridgehead atoms. The molecule has 4 aliphatic rings. The molecule has 0 saturated heterocycles. The third-order valence-corrected chi connectivity index (χ3v) is 15.8. The second kappa shape index (κ2) is 13.9. The van der Waals surface area contributed by atoms with Crippen molar-refractivity contribution in [1.29, 1.82) is 5.26 Å². The summed E-state index contributed by atoms with van der Waals surface area (Å²) < 4.78 is 2.30. The third-order valence-electron chi connectivity index (χ3n) is 14.7. The van der Waals surface area contributed by atoms with Gasteiger partial charge in [0.15, 0.2) is 17.5 Å². The molecule has 4 nitrogen and oxygen atoms in total. The molecule has 10 rings (SSSR count). The Hall–Kier alpha value is -4.40. The third kappa shape index (κ3) is 6.37. The number of hydrogen-bond donors (Lipinski definition) is 0. The van der Waals surface area contributed by atoms with Gasteiger partial charge in [-0.25, -0.2) is 15.0 Å². The highest BCUT2D eigenvalue weighted by Crippen LogP contribution is 2.58. The number of hydrogen-bond acceptors (Lipinski definition) is 5. The summed E-state index contributed by atoms with van der Waals surface area (Å²) in [4.78, 5) is 16.0. The van der Waals surface area contributed by atoms with Crippen LogP contribution in [-0.2, 0) is 10.8 Å². The van der Waals surface area contributed by atoms with Crippen molar-refractivity contribution in [3.8, 4) is 40.2 Å². The van der Waals surface area contributed by atoms with E-state index in [9.17, 15) is 5.26 Å². The van der Waals surface area contributed by atoms with Crippen molar-refractivity contribution in [2.75, 3.05) is 0 Å². The molecule has 2 heterocycles. The number of rotatable bonds is 6. The van der Waals surface area contributed by atoms with E-state index in [0.29, 0.717) is 11.4 Å². The van der Waals surface area contributed by atoms with Gasteiger partial charge >= 0.3 is 0 Å². The maximum Gasteiger partial charge on any atom is 0.164 e. The topological polar surface area (TPSA) is 62.5 Å². The molecule has 5 heteroatoms. The largest absolute Gasteiger partial charge is 0.208 e. The zero-order valence-electron chi connectivity index (χ0n) is 33.5. The summed E-state index contributed by atoms with van der Waals surface area (Å²) >= 11 is 1.73. The number of nitriles is 1. The minimum absolute atomic E-state index is 0.204. The molecule has 56 heavy (non-hydrogen) atoms. The van der Waals surface area contributed by atoms with Gasteiger partial charge in [0.05, 0.1) is 11.6 Å². The van der Waals surface area contributed by atoms with Gasteiger partial charge in [-0.3, -0.25) is 0 Å². The molecule has 4 aliphatic carbocycles. The Bertz CT molecular complexity index is 2470. The van der Waals surface area contributed by atoms with E-state index in [-0.39, 0.29) is 10.8 Å². The van der Waals surface area contributed by atoms with Crippen molar-refractivity contribution in [1.82, 2.24) is 15.0 Å². The second-order valence-electron chi connectivity index (χ2n) is 19.2. The summed E-state index contributed by atoms with van der Waals surface area (Å²) in [5.74, 6) is 6.88. The average molecular weight is 755 g/mol. The summed E-state index contributed by atoms with van der Waals surface area (Å²) in [6.45, 7) is 9.98. The van der Waals surface area contributed by atoms with Gasteiger partial charge in [0, 0.05) is 36.9 Å². The van der Waals surface area contributed by atoms with Crippen molar-refractivity contribution in [3.63, 3.8) is 0 Å². The molecule has 0 N–H and O–H groups in total. The molecule has 3 unspecified atom stereocenters. The van der Waals surface area contributed by atoms with Crippen molar-refractivity contribution in [2.45, 2.75) is 109 Å². The summed E-state index contributed by atoms with van der Waals surface area (Å²) in [6.07, 6.45) is 14.6. The molecule has 4 fully saturated rings. The molecule has 284 valence electrons. The Morgan fingerprint density at radius 2 is 1.14 bits per heavy atom. The van der Waals surface area contributed by atoms with Gasteiger partial charge in [-0.1, -0.05) is 88.7 Å². The van der Waals surface area contributed by atoms with Gasteiger partial charge in [-0.2, -0.15) is 5.26 Å². The maximum absolute atomic E-state index is 9.56. The first-order valence-electron chi connectivity index (χ1n) is 21.5. The van der Waals surface area contributed by atoms with Gasteiger partial charge in [0.1, 0.15) is 0 Å². The number of nitrogens with zero attached hydrogens (tertiary/aromatic N) is 4. The van der Waals surface area contributed by atoms with Gasteiger partial charge in [-0.15, -0.1) is 11.3 Å². The van der Waals surface area contributed by atoms with Crippen molar-refractivity contribution in [2.24, 2.45) is 35.5 Å². The zero-order chi connectivity index (χ0) is 38.2. The smallest absolute Gasteiger partial charge is 0.164 e. The fourth-order valence-electron chi connectivity index (χ4n) is 12.9. The van der Waals surface area contributed by atoms with E-state index in [1.807, 2.05) is 12.1 Å². The quantitative estimate of drug-likeness (QED) is 0.170. The molecule has 2 aromatic heterocycles. The van der Waals surface area contributed by atoms with Gasteiger partial charge in [0.2, 0.25) is 0 Å². The Morgan fingerprint density at radius 3 is 1.77 bits per heavy atom. The van der Waals surface area contributed by atoms with Gasteiger partial charge < -0.3 is 0 Å². The van der Waals surface area contributed by atoms with Crippen molar-refractivity contribution < 1.29 is 0 Å². The summed E-state index contributed by atoms with van der Waals surface area (Å²) in [5.41, 5.74) is 7.38. The number of benzene rings is 4. The van der Waals surface area contributed by atoms with E-state index < -0.39 is 0 Å². The minimum atomic E-state index is 0.204. The van der Waals surface area contributed by atoms with Crippen LogP contribution in [0, 0.1) is 46.8 Å². The molecule has 0 amide bonds. The Balaban J connectivity index is 1.17. The minimum Gasteiger partial charge on any atom is -0.208 e. The van der Waals surface area contributed by atoms with Crippen LogP contribution < -0.4 is 0 Å². The van der Waals surface area contributed by atoms with Crippen LogP contribution in [0.15, 0.2) is 84.9 Å². The van der Waals surface area contributed by atoms with Crippen molar-refractivity contribution >= 4 is 31.5 Å². The van der Waals surface area contributed by atoms with Crippen LogP contribution in [0.5, 0.6) is 0 Å². The predicted molar refractivity (Wildman–Crippen MR) is 232 cm³/mol. The first-order chi connectivity index (χ1) is 27.2. The molecule has 4 aromatic carbocycles. The molecule has 8 atom stereocenters. The van der Waals surface area contributed by atoms with Crippen LogP contribution in [0.3, 0.4) is 0 Å². The lowest BCUT2D eigenvalue weighted by atomic mass is 9.52. The molecule has 4 saturated carbocycles. The molecular formula is C51H54N4S. The fraction of sp³-hybridized carbons (Fsp3) is 0.451. The lowest BCUT2D eigenvalue weighted by Crippen LogP contribution is -2.44. The second-order valence-corrected chi connectivity index (χ2v) is 20.2. The van der Waals surface area contributed by atoms with Crippen LogP contribution in [0.25, 0.3) is 54.3 Å².